The number of anilines is 1. The fourth-order valence-electron chi connectivity index (χ4n) is 1.32. The van der Waals surface area contributed by atoms with Gasteiger partial charge in [-0.15, -0.1) is 0 Å². The largest absolute Gasteiger partial charge is 0.345 e. The Morgan fingerprint density at radius 2 is 2.00 bits per heavy atom. The topological polar surface area (TPSA) is 58.2 Å². The van der Waals surface area contributed by atoms with Crippen LogP contribution in [0.5, 0.6) is 0 Å². The molecule has 18 heavy (non-hydrogen) atoms. The van der Waals surface area contributed by atoms with Gasteiger partial charge in [0.1, 0.15) is 0 Å². The fraction of sp³-hybridized carbons (Fsp3) is 0.333. The number of carbonyl (C=O) groups excluding carboxylic acids is 2. The summed E-state index contributed by atoms with van der Waals surface area (Å²) < 4.78 is 0.739. The van der Waals surface area contributed by atoms with Crippen LogP contribution in [0.1, 0.15) is 6.92 Å². The third kappa shape index (κ3) is 4.70. The number of amides is 2. The van der Waals surface area contributed by atoms with Crippen molar-refractivity contribution in [2.45, 2.75) is 13.0 Å². The predicted molar refractivity (Wildman–Crippen MR) is 78.8 cm³/mol. The van der Waals surface area contributed by atoms with Gasteiger partial charge in [0.15, 0.2) is 0 Å². The van der Waals surface area contributed by atoms with Crippen LogP contribution in [0.4, 0.5) is 5.69 Å². The van der Waals surface area contributed by atoms with Crippen molar-refractivity contribution in [1.82, 2.24) is 5.32 Å². The monoisotopic (exact) mass is 330 g/mol. The van der Waals surface area contributed by atoms with E-state index in [0.29, 0.717) is 5.69 Å². The third-order valence-corrected chi connectivity index (χ3v) is 3.65. The molecule has 0 aliphatic heterocycles. The maximum absolute atomic E-state index is 11.7. The molecule has 2 amide bonds. The highest BCUT2D eigenvalue weighted by Gasteiger charge is 2.16. The molecule has 0 radical (unpaired) electrons. The SMILES string of the molecule is CSC[C@@H](C)NC(=O)C(=O)Nc1ccccc1Br. The zero-order valence-electron chi connectivity index (χ0n) is 10.2. The van der Waals surface area contributed by atoms with Crippen molar-refractivity contribution in [2.75, 3.05) is 17.3 Å². The average Bonchev–Trinajstić information content (AvgIpc) is 2.32. The highest BCUT2D eigenvalue weighted by molar-refractivity contribution is 9.10. The van der Waals surface area contributed by atoms with Gasteiger partial charge in [-0.05, 0) is 41.2 Å². The summed E-state index contributed by atoms with van der Waals surface area (Å²) in [5.74, 6) is -0.504. The van der Waals surface area contributed by atoms with Gasteiger partial charge < -0.3 is 10.6 Å². The first-order chi connectivity index (χ1) is 8.54. The Hall–Kier alpha value is -1.01. The Labute approximate surface area is 119 Å². The number of carbonyl (C=O) groups is 2. The Morgan fingerprint density at radius 1 is 1.33 bits per heavy atom. The summed E-state index contributed by atoms with van der Waals surface area (Å²) >= 11 is 4.92. The van der Waals surface area contributed by atoms with Gasteiger partial charge in [-0.25, -0.2) is 0 Å². The van der Waals surface area contributed by atoms with Crippen LogP contribution >= 0.6 is 27.7 Å². The zero-order chi connectivity index (χ0) is 13.5. The second-order valence-electron chi connectivity index (χ2n) is 3.76. The van der Waals surface area contributed by atoms with Crippen molar-refractivity contribution in [3.63, 3.8) is 0 Å². The van der Waals surface area contributed by atoms with E-state index in [1.165, 1.54) is 0 Å². The summed E-state index contributed by atoms with van der Waals surface area (Å²) in [4.78, 5) is 23.2. The minimum absolute atomic E-state index is 0.0301. The number of hydrogen-bond acceptors (Lipinski definition) is 3. The van der Waals surface area contributed by atoms with Gasteiger partial charge in [0.25, 0.3) is 0 Å². The smallest absolute Gasteiger partial charge is 0.313 e. The quantitative estimate of drug-likeness (QED) is 0.832. The molecular formula is C12H15BrN2O2S. The first-order valence-corrected chi connectivity index (χ1v) is 7.58. The van der Waals surface area contributed by atoms with Gasteiger partial charge in [-0.3, -0.25) is 9.59 Å². The molecule has 0 saturated heterocycles. The Balaban J connectivity index is 2.55. The van der Waals surface area contributed by atoms with Crippen molar-refractivity contribution in [2.24, 2.45) is 0 Å². The molecule has 0 unspecified atom stereocenters. The Bertz CT molecular complexity index is 440. The molecule has 0 saturated carbocycles. The van der Waals surface area contributed by atoms with Crippen LogP contribution in [0.2, 0.25) is 0 Å². The number of nitrogens with one attached hydrogen (secondary N) is 2. The lowest BCUT2D eigenvalue weighted by Gasteiger charge is -2.12. The van der Waals surface area contributed by atoms with E-state index in [2.05, 4.69) is 26.6 Å². The van der Waals surface area contributed by atoms with Crippen molar-refractivity contribution in [3.8, 4) is 0 Å². The van der Waals surface area contributed by atoms with Crippen LogP contribution in [0.25, 0.3) is 0 Å². The van der Waals surface area contributed by atoms with Gasteiger partial charge in [0.2, 0.25) is 0 Å². The van der Waals surface area contributed by atoms with E-state index in [9.17, 15) is 9.59 Å². The van der Waals surface area contributed by atoms with Crippen molar-refractivity contribution < 1.29 is 9.59 Å². The summed E-state index contributed by atoms with van der Waals surface area (Å²) in [6, 6.07) is 7.11. The van der Waals surface area contributed by atoms with Crippen LogP contribution in [-0.4, -0.2) is 29.9 Å². The standard InChI is InChI=1S/C12H15BrN2O2S/c1-8(7-18-2)14-11(16)12(17)15-10-6-4-3-5-9(10)13/h3-6,8H,7H2,1-2H3,(H,14,16)(H,15,17)/t8-/m1/s1. The van der Waals surface area contributed by atoms with Gasteiger partial charge in [-0.1, -0.05) is 12.1 Å². The van der Waals surface area contributed by atoms with Gasteiger partial charge in [0, 0.05) is 16.3 Å². The van der Waals surface area contributed by atoms with E-state index >= 15 is 0 Å². The minimum atomic E-state index is -0.658. The van der Waals surface area contributed by atoms with Gasteiger partial charge in [0.05, 0.1) is 5.69 Å². The van der Waals surface area contributed by atoms with E-state index in [1.54, 1.807) is 30.0 Å². The molecule has 0 heterocycles. The first kappa shape index (κ1) is 15.0. The lowest BCUT2D eigenvalue weighted by Crippen LogP contribution is -2.41. The van der Waals surface area contributed by atoms with Crippen LogP contribution in [0.3, 0.4) is 0 Å². The van der Waals surface area contributed by atoms with E-state index < -0.39 is 11.8 Å². The highest BCUT2D eigenvalue weighted by atomic mass is 79.9. The molecule has 0 aliphatic carbocycles. The van der Waals surface area contributed by atoms with E-state index in [0.717, 1.165) is 10.2 Å². The molecular weight excluding hydrogens is 316 g/mol. The first-order valence-electron chi connectivity index (χ1n) is 5.40. The molecule has 1 aromatic rings. The normalized spacial score (nSPS) is 11.7. The third-order valence-electron chi connectivity index (χ3n) is 2.12. The summed E-state index contributed by atoms with van der Waals surface area (Å²) in [6.07, 6.45) is 1.95. The summed E-state index contributed by atoms with van der Waals surface area (Å²) in [5, 5.41) is 5.19. The number of halogens is 1. The van der Waals surface area contributed by atoms with Crippen molar-refractivity contribution in [3.05, 3.63) is 28.7 Å². The molecule has 0 bridgehead atoms. The summed E-state index contributed by atoms with van der Waals surface area (Å²) in [5.41, 5.74) is 0.579. The van der Waals surface area contributed by atoms with Crippen molar-refractivity contribution >= 4 is 45.2 Å². The van der Waals surface area contributed by atoms with E-state index in [1.807, 2.05) is 19.2 Å². The molecule has 1 atom stereocenters. The number of rotatable bonds is 4. The number of benzene rings is 1. The molecule has 1 rings (SSSR count). The highest BCUT2D eigenvalue weighted by Crippen LogP contribution is 2.20. The van der Waals surface area contributed by atoms with Crippen LogP contribution in [-0.2, 0) is 9.59 Å². The minimum Gasteiger partial charge on any atom is -0.345 e. The molecule has 0 aliphatic rings. The maximum Gasteiger partial charge on any atom is 0.313 e. The molecule has 98 valence electrons. The van der Waals surface area contributed by atoms with Gasteiger partial charge in [-0.2, -0.15) is 11.8 Å². The molecule has 2 N–H and O–H groups in total. The van der Waals surface area contributed by atoms with Crippen LogP contribution in [0, 0.1) is 0 Å². The lowest BCUT2D eigenvalue weighted by atomic mass is 10.3. The molecule has 1 aromatic carbocycles. The van der Waals surface area contributed by atoms with Gasteiger partial charge >= 0.3 is 11.8 Å². The second kappa shape index (κ2) is 7.43. The van der Waals surface area contributed by atoms with E-state index in [4.69, 9.17) is 0 Å². The molecule has 0 spiro atoms. The van der Waals surface area contributed by atoms with Crippen LogP contribution < -0.4 is 10.6 Å². The summed E-state index contributed by atoms with van der Waals surface area (Å²) in [6.45, 7) is 1.86. The number of para-hydroxylation sites is 1. The Morgan fingerprint density at radius 3 is 2.61 bits per heavy atom. The lowest BCUT2D eigenvalue weighted by molar-refractivity contribution is -0.136. The number of hydrogen-bond donors (Lipinski definition) is 2. The molecule has 6 heteroatoms. The predicted octanol–water partition coefficient (Wildman–Crippen LogP) is 2.26. The average molecular weight is 331 g/mol. The molecule has 4 nitrogen and oxygen atoms in total. The fourth-order valence-corrected chi connectivity index (χ4v) is 2.29. The number of thioether (sulfide) groups is 1. The molecule has 0 fully saturated rings. The zero-order valence-corrected chi connectivity index (χ0v) is 12.6. The Kier molecular flexibility index (Phi) is 6.21. The summed E-state index contributed by atoms with van der Waals surface area (Å²) in [7, 11) is 0. The van der Waals surface area contributed by atoms with Crippen LogP contribution in [0.15, 0.2) is 28.7 Å². The molecule has 0 aromatic heterocycles. The maximum atomic E-state index is 11.7. The van der Waals surface area contributed by atoms with E-state index in [-0.39, 0.29) is 6.04 Å². The van der Waals surface area contributed by atoms with Crippen molar-refractivity contribution in [1.29, 1.82) is 0 Å². The second-order valence-corrected chi connectivity index (χ2v) is 5.53.